The van der Waals surface area contributed by atoms with E-state index in [2.05, 4.69) is 23.8 Å². The summed E-state index contributed by atoms with van der Waals surface area (Å²) in [5, 5.41) is 0. The van der Waals surface area contributed by atoms with E-state index in [1.807, 2.05) is 0 Å². The molecule has 0 radical (unpaired) electrons. The van der Waals surface area contributed by atoms with Crippen molar-refractivity contribution in [3.63, 3.8) is 0 Å². The second kappa shape index (κ2) is 5.96. The van der Waals surface area contributed by atoms with E-state index in [4.69, 9.17) is 0 Å². The summed E-state index contributed by atoms with van der Waals surface area (Å²) in [4.78, 5) is 17.0. The van der Waals surface area contributed by atoms with E-state index in [1.165, 1.54) is 19.3 Å². The Morgan fingerprint density at radius 1 is 1.24 bits per heavy atom. The van der Waals surface area contributed by atoms with Gasteiger partial charge in [-0.15, -0.1) is 0 Å². The van der Waals surface area contributed by atoms with Gasteiger partial charge in [-0.2, -0.15) is 0 Å². The number of rotatable bonds is 2. The Morgan fingerprint density at radius 3 is 2.82 bits per heavy atom. The first-order valence-electron chi connectivity index (χ1n) is 7.19. The first-order valence-corrected chi connectivity index (χ1v) is 7.19. The van der Waals surface area contributed by atoms with Gasteiger partial charge in [-0.25, -0.2) is 0 Å². The van der Waals surface area contributed by atoms with Crippen molar-refractivity contribution in [2.75, 3.05) is 26.7 Å². The molecular weight excluding hydrogens is 212 g/mol. The minimum absolute atomic E-state index is 0.236. The van der Waals surface area contributed by atoms with Crippen molar-refractivity contribution in [1.29, 1.82) is 0 Å². The Bertz CT molecular complexity index is 267. The molecule has 0 amide bonds. The Hall–Kier alpha value is -0.410. The standard InChI is InChI=1S/C14H26N2O/c1-3-12-11-16(10-9-15(12)2)13-7-5-4-6-8-14(13)17/h12-13H,3-11H2,1-2H3. The van der Waals surface area contributed by atoms with E-state index in [9.17, 15) is 4.79 Å². The number of nitrogens with zero attached hydrogens (tertiary/aromatic N) is 2. The van der Waals surface area contributed by atoms with Crippen LogP contribution in [0.15, 0.2) is 0 Å². The third-order valence-corrected chi connectivity index (χ3v) is 4.49. The van der Waals surface area contributed by atoms with Crippen LogP contribution >= 0.6 is 0 Å². The van der Waals surface area contributed by atoms with Crippen molar-refractivity contribution in [2.45, 2.75) is 57.5 Å². The zero-order valence-corrected chi connectivity index (χ0v) is 11.3. The molecule has 3 nitrogen and oxygen atoms in total. The maximum Gasteiger partial charge on any atom is 0.149 e. The molecule has 0 aromatic rings. The lowest BCUT2D eigenvalue weighted by Crippen LogP contribution is -2.55. The van der Waals surface area contributed by atoms with E-state index >= 15 is 0 Å². The zero-order chi connectivity index (χ0) is 12.3. The van der Waals surface area contributed by atoms with Gasteiger partial charge in [-0.05, 0) is 26.3 Å². The molecule has 2 aliphatic rings. The van der Waals surface area contributed by atoms with Crippen molar-refractivity contribution in [3.05, 3.63) is 0 Å². The molecule has 2 atom stereocenters. The van der Waals surface area contributed by atoms with Gasteiger partial charge in [-0.3, -0.25) is 9.69 Å². The summed E-state index contributed by atoms with van der Waals surface area (Å²) in [7, 11) is 2.21. The normalized spacial score (nSPS) is 33.6. The number of ketones is 1. The van der Waals surface area contributed by atoms with E-state index in [-0.39, 0.29) is 6.04 Å². The molecule has 0 N–H and O–H groups in total. The lowest BCUT2D eigenvalue weighted by atomic mass is 10.0. The molecule has 0 aromatic carbocycles. The van der Waals surface area contributed by atoms with Gasteiger partial charge in [0.15, 0.2) is 0 Å². The second-order valence-corrected chi connectivity index (χ2v) is 5.62. The molecule has 1 saturated heterocycles. The summed E-state index contributed by atoms with van der Waals surface area (Å²) in [5.74, 6) is 0.502. The number of likely N-dealkylation sites (N-methyl/N-ethyl adjacent to an activating group) is 1. The summed E-state index contributed by atoms with van der Waals surface area (Å²) in [5.41, 5.74) is 0. The van der Waals surface area contributed by atoms with Gasteiger partial charge in [0.2, 0.25) is 0 Å². The molecule has 0 spiro atoms. The molecule has 3 heteroatoms. The SMILES string of the molecule is CCC1CN(C2CCCCCC2=O)CCN1C. The van der Waals surface area contributed by atoms with Crippen molar-refractivity contribution in [1.82, 2.24) is 9.80 Å². The van der Waals surface area contributed by atoms with Crippen LogP contribution in [0.25, 0.3) is 0 Å². The molecule has 17 heavy (non-hydrogen) atoms. The molecule has 2 unspecified atom stereocenters. The Balaban J connectivity index is 1.98. The largest absolute Gasteiger partial charge is 0.301 e. The minimum atomic E-state index is 0.236. The van der Waals surface area contributed by atoms with Crippen molar-refractivity contribution < 1.29 is 4.79 Å². The quantitative estimate of drug-likeness (QED) is 0.687. The predicted octanol–water partition coefficient (Wildman–Crippen LogP) is 1.91. The number of Topliss-reactive ketones (excluding diaryl/α,β-unsaturated/α-hetero) is 1. The molecule has 0 aromatic heterocycles. The second-order valence-electron chi connectivity index (χ2n) is 5.62. The fraction of sp³-hybridized carbons (Fsp3) is 0.929. The third-order valence-electron chi connectivity index (χ3n) is 4.49. The summed E-state index contributed by atoms with van der Waals surface area (Å²) in [6, 6.07) is 0.875. The minimum Gasteiger partial charge on any atom is -0.301 e. The molecular formula is C14H26N2O. The average molecular weight is 238 g/mol. The molecule has 1 saturated carbocycles. The van der Waals surface area contributed by atoms with Crippen LogP contribution in [-0.2, 0) is 4.79 Å². The van der Waals surface area contributed by atoms with E-state index in [0.29, 0.717) is 11.8 Å². The fourth-order valence-corrected chi connectivity index (χ4v) is 3.22. The Labute approximate surface area is 105 Å². The van der Waals surface area contributed by atoms with E-state index in [1.54, 1.807) is 0 Å². The van der Waals surface area contributed by atoms with Crippen molar-refractivity contribution >= 4 is 5.78 Å². The summed E-state index contributed by atoms with van der Waals surface area (Å²) in [6.45, 7) is 5.52. The maximum atomic E-state index is 12.1. The Kier molecular flexibility index (Phi) is 4.57. The van der Waals surface area contributed by atoms with Crippen LogP contribution in [0.5, 0.6) is 0 Å². The number of hydrogen-bond acceptors (Lipinski definition) is 3. The number of piperazine rings is 1. The topological polar surface area (TPSA) is 23.6 Å². The zero-order valence-electron chi connectivity index (χ0n) is 11.3. The van der Waals surface area contributed by atoms with Gasteiger partial charge in [-0.1, -0.05) is 19.8 Å². The van der Waals surface area contributed by atoms with E-state index in [0.717, 1.165) is 38.9 Å². The van der Waals surface area contributed by atoms with Crippen molar-refractivity contribution in [3.8, 4) is 0 Å². The molecule has 2 fully saturated rings. The van der Waals surface area contributed by atoms with Crippen LogP contribution in [0.2, 0.25) is 0 Å². The van der Waals surface area contributed by atoms with Gasteiger partial charge in [0, 0.05) is 32.1 Å². The predicted molar refractivity (Wildman–Crippen MR) is 70.2 cm³/mol. The molecule has 1 aliphatic carbocycles. The lowest BCUT2D eigenvalue weighted by molar-refractivity contribution is -0.125. The number of hydrogen-bond donors (Lipinski definition) is 0. The van der Waals surface area contributed by atoms with Gasteiger partial charge in [0.1, 0.15) is 5.78 Å². The smallest absolute Gasteiger partial charge is 0.149 e. The highest BCUT2D eigenvalue weighted by molar-refractivity contribution is 5.84. The molecule has 98 valence electrons. The average Bonchev–Trinajstić information content (AvgIpc) is 2.55. The van der Waals surface area contributed by atoms with Crippen molar-refractivity contribution in [2.24, 2.45) is 0 Å². The van der Waals surface area contributed by atoms with Gasteiger partial charge in [0.05, 0.1) is 6.04 Å². The summed E-state index contributed by atoms with van der Waals surface area (Å²) in [6.07, 6.45) is 6.69. The maximum absolute atomic E-state index is 12.1. The van der Waals surface area contributed by atoms with Crippen LogP contribution in [-0.4, -0.2) is 54.3 Å². The Morgan fingerprint density at radius 2 is 2.06 bits per heavy atom. The monoisotopic (exact) mass is 238 g/mol. The molecule has 2 rings (SSSR count). The van der Waals surface area contributed by atoms with Crippen LogP contribution in [0.1, 0.15) is 45.4 Å². The highest BCUT2D eigenvalue weighted by Gasteiger charge is 2.31. The van der Waals surface area contributed by atoms with E-state index < -0.39 is 0 Å². The number of carbonyl (C=O) groups excluding carboxylic acids is 1. The first kappa shape index (κ1) is 13.0. The van der Waals surface area contributed by atoms with Crippen LogP contribution < -0.4 is 0 Å². The van der Waals surface area contributed by atoms with Crippen LogP contribution in [0.4, 0.5) is 0 Å². The number of carbonyl (C=O) groups is 1. The van der Waals surface area contributed by atoms with Crippen LogP contribution in [0, 0.1) is 0 Å². The van der Waals surface area contributed by atoms with Crippen LogP contribution in [0.3, 0.4) is 0 Å². The summed E-state index contributed by atoms with van der Waals surface area (Å²) < 4.78 is 0. The van der Waals surface area contributed by atoms with Gasteiger partial charge < -0.3 is 4.90 Å². The van der Waals surface area contributed by atoms with Gasteiger partial charge >= 0.3 is 0 Å². The lowest BCUT2D eigenvalue weighted by Gasteiger charge is -2.42. The first-order chi connectivity index (χ1) is 8.22. The molecule has 1 aliphatic heterocycles. The third kappa shape index (κ3) is 3.08. The highest BCUT2D eigenvalue weighted by Crippen LogP contribution is 2.22. The highest BCUT2D eigenvalue weighted by atomic mass is 16.1. The summed E-state index contributed by atoms with van der Waals surface area (Å²) >= 11 is 0. The fourth-order valence-electron chi connectivity index (χ4n) is 3.22. The molecule has 1 heterocycles. The van der Waals surface area contributed by atoms with Gasteiger partial charge in [0.25, 0.3) is 0 Å². The molecule has 0 bridgehead atoms.